The van der Waals surface area contributed by atoms with Gasteiger partial charge in [-0.25, -0.2) is 0 Å². The quantitative estimate of drug-likeness (QED) is 0.887. The molecule has 0 amide bonds. The van der Waals surface area contributed by atoms with Crippen molar-refractivity contribution in [2.24, 2.45) is 0 Å². The molecule has 0 aromatic carbocycles. The largest absolute Gasteiger partial charge is 0.406 e. The van der Waals surface area contributed by atoms with Crippen molar-refractivity contribution in [2.45, 2.75) is 20.1 Å². The number of thiophene rings is 1. The van der Waals surface area contributed by atoms with E-state index in [0.717, 1.165) is 4.47 Å². The average molecular weight is 318 g/mol. The smallest absolute Gasteiger partial charge is 0.315 e. The maximum Gasteiger partial charge on any atom is 0.315 e. The summed E-state index contributed by atoms with van der Waals surface area (Å²) in [4.78, 5) is 1.19. The fourth-order valence-corrected chi connectivity index (χ4v) is 2.61. The number of nitrogens with one attached hydrogen (secondary N) is 1. The van der Waals surface area contributed by atoms with Crippen LogP contribution in [0.15, 0.2) is 20.3 Å². The van der Waals surface area contributed by atoms with Gasteiger partial charge in [-0.2, -0.15) is 0 Å². The molecule has 1 N–H and O–H groups in total. The second-order valence-corrected chi connectivity index (χ2v) is 5.04. The van der Waals surface area contributed by atoms with Crippen LogP contribution in [0.25, 0.3) is 0 Å². The van der Waals surface area contributed by atoms with Crippen molar-refractivity contribution in [3.8, 4) is 0 Å². The van der Waals surface area contributed by atoms with E-state index in [1.807, 2.05) is 18.4 Å². The van der Waals surface area contributed by atoms with Crippen LogP contribution in [-0.4, -0.2) is 16.8 Å². The lowest BCUT2D eigenvalue weighted by atomic mass is 10.5. The Morgan fingerprint density at radius 3 is 3.12 bits per heavy atom. The van der Waals surface area contributed by atoms with Crippen molar-refractivity contribution < 1.29 is 9.15 Å². The molecule has 2 aromatic rings. The second-order valence-electron chi connectivity index (χ2n) is 3.18. The molecular weight excluding hydrogens is 306 g/mol. The Hall–Kier alpha value is -0.920. The maximum absolute atomic E-state index is 5.35. The molecule has 0 aliphatic carbocycles. The van der Waals surface area contributed by atoms with E-state index in [1.165, 1.54) is 4.88 Å². The van der Waals surface area contributed by atoms with Gasteiger partial charge in [-0.15, -0.1) is 16.4 Å². The van der Waals surface area contributed by atoms with E-state index >= 15 is 0 Å². The summed E-state index contributed by atoms with van der Waals surface area (Å²) in [6, 6.07) is 2.43. The Morgan fingerprint density at radius 1 is 1.53 bits per heavy atom. The van der Waals surface area contributed by atoms with Crippen molar-refractivity contribution in [1.82, 2.24) is 10.2 Å². The lowest BCUT2D eigenvalue weighted by Crippen LogP contribution is -1.97. The molecule has 0 radical (unpaired) electrons. The summed E-state index contributed by atoms with van der Waals surface area (Å²) in [5.41, 5.74) is 0. The predicted molar refractivity (Wildman–Crippen MR) is 69.0 cm³/mol. The minimum atomic E-state index is 0.355. The first-order valence-corrected chi connectivity index (χ1v) is 6.82. The SMILES string of the molecule is CCOCc1nnc(NCc2sccc2Br)o1. The molecule has 5 nitrogen and oxygen atoms in total. The number of anilines is 1. The highest BCUT2D eigenvalue weighted by Gasteiger charge is 2.07. The van der Waals surface area contributed by atoms with Gasteiger partial charge in [0.1, 0.15) is 6.61 Å². The van der Waals surface area contributed by atoms with Gasteiger partial charge >= 0.3 is 6.01 Å². The van der Waals surface area contributed by atoms with Gasteiger partial charge in [-0.05, 0) is 34.3 Å². The van der Waals surface area contributed by atoms with E-state index in [4.69, 9.17) is 9.15 Å². The minimum absolute atomic E-state index is 0.355. The number of hydrogen-bond acceptors (Lipinski definition) is 6. The standard InChI is InChI=1S/C10H12BrN3O2S/c1-2-15-6-9-13-14-10(16-9)12-5-8-7(11)3-4-17-8/h3-4H,2,5-6H2,1H3,(H,12,14). The normalized spacial score (nSPS) is 10.7. The molecule has 0 saturated heterocycles. The zero-order chi connectivity index (χ0) is 12.1. The highest BCUT2D eigenvalue weighted by atomic mass is 79.9. The summed E-state index contributed by atoms with van der Waals surface area (Å²) in [5.74, 6) is 0.486. The highest BCUT2D eigenvalue weighted by Crippen LogP contribution is 2.23. The molecule has 0 fully saturated rings. The number of ether oxygens (including phenoxy) is 1. The Balaban J connectivity index is 1.87. The van der Waals surface area contributed by atoms with Gasteiger partial charge in [-0.3, -0.25) is 0 Å². The molecule has 2 heterocycles. The zero-order valence-corrected chi connectivity index (χ0v) is 11.7. The molecule has 0 atom stereocenters. The van der Waals surface area contributed by atoms with Crippen molar-refractivity contribution >= 4 is 33.3 Å². The van der Waals surface area contributed by atoms with E-state index in [-0.39, 0.29) is 0 Å². The first kappa shape index (κ1) is 12.5. The van der Waals surface area contributed by atoms with Crippen LogP contribution in [0.1, 0.15) is 17.7 Å². The highest BCUT2D eigenvalue weighted by molar-refractivity contribution is 9.10. The first-order valence-electron chi connectivity index (χ1n) is 5.15. The van der Waals surface area contributed by atoms with Crippen molar-refractivity contribution in [1.29, 1.82) is 0 Å². The molecule has 2 aromatic heterocycles. The fourth-order valence-electron chi connectivity index (χ4n) is 1.18. The predicted octanol–water partition coefficient (Wildman–Crippen LogP) is 3.04. The number of halogens is 1. The van der Waals surface area contributed by atoms with Crippen LogP contribution in [0, 0.1) is 0 Å². The summed E-state index contributed by atoms with van der Waals surface area (Å²) in [7, 11) is 0. The molecule has 0 bridgehead atoms. The average Bonchev–Trinajstić information content (AvgIpc) is 2.93. The lowest BCUT2D eigenvalue weighted by Gasteiger charge is -1.99. The fraction of sp³-hybridized carbons (Fsp3) is 0.400. The molecule has 2 rings (SSSR count). The Bertz CT molecular complexity index is 472. The topological polar surface area (TPSA) is 60.2 Å². The van der Waals surface area contributed by atoms with E-state index in [2.05, 4.69) is 31.4 Å². The van der Waals surface area contributed by atoms with E-state index < -0.39 is 0 Å². The lowest BCUT2D eigenvalue weighted by molar-refractivity contribution is 0.115. The molecule has 0 aliphatic heterocycles. The number of hydrogen-bond donors (Lipinski definition) is 1. The van der Waals surface area contributed by atoms with Crippen LogP contribution in [0.4, 0.5) is 6.01 Å². The minimum Gasteiger partial charge on any atom is -0.406 e. The molecule has 0 saturated carbocycles. The van der Waals surface area contributed by atoms with Gasteiger partial charge in [0.25, 0.3) is 0 Å². The van der Waals surface area contributed by atoms with Gasteiger partial charge in [0.05, 0.1) is 6.54 Å². The van der Waals surface area contributed by atoms with Crippen LogP contribution in [-0.2, 0) is 17.9 Å². The van der Waals surface area contributed by atoms with Crippen LogP contribution >= 0.6 is 27.3 Å². The number of rotatable bonds is 6. The van der Waals surface area contributed by atoms with Gasteiger partial charge < -0.3 is 14.5 Å². The second kappa shape index (κ2) is 6.13. The zero-order valence-electron chi connectivity index (χ0n) is 9.27. The Labute approximate surface area is 111 Å². The van der Waals surface area contributed by atoms with Crippen molar-refractivity contribution in [3.63, 3.8) is 0 Å². The first-order chi connectivity index (χ1) is 8.29. The monoisotopic (exact) mass is 317 g/mol. The third-order valence-electron chi connectivity index (χ3n) is 1.99. The summed E-state index contributed by atoms with van der Waals surface area (Å²) in [6.45, 7) is 3.57. The third-order valence-corrected chi connectivity index (χ3v) is 3.91. The van der Waals surface area contributed by atoms with Crippen LogP contribution in [0.3, 0.4) is 0 Å². The molecule has 0 aliphatic rings. The van der Waals surface area contributed by atoms with E-state index in [1.54, 1.807) is 11.3 Å². The molecule has 0 unspecified atom stereocenters. The van der Waals surface area contributed by atoms with Crippen molar-refractivity contribution in [2.75, 3.05) is 11.9 Å². The van der Waals surface area contributed by atoms with Crippen LogP contribution in [0.5, 0.6) is 0 Å². The Morgan fingerprint density at radius 2 is 2.41 bits per heavy atom. The molecule has 17 heavy (non-hydrogen) atoms. The Kier molecular flexibility index (Phi) is 4.52. The van der Waals surface area contributed by atoms with Gasteiger partial charge in [0.15, 0.2) is 0 Å². The maximum atomic E-state index is 5.35. The number of aromatic nitrogens is 2. The van der Waals surface area contributed by atoms with Gasteiger partial charge in [0, 0.05) is 16.0 Å². The molecule has 7 heteroatoms. The molecular formula is C10H12BrN3O2S. The van der Waals surface area contributed by atoms with Crippen molar-refractivity contribution in [3.05, 3.63) is 26.7 Å². The van der Waals surface area contributed by atoms with E-state index in [0.29, 0.717) is 31.7 Å². The summed E-state index contributed by atoms with van der Waals surface area (Å²) in [5, 5.41) is 12.8. The third kappa shape index (κ3) is 3.52. The number of nitrogens with zero attached hydrogens (tertiary/aromatic N) is 2. The van der Waals surface area contributed by atoms with E-state index in [9.17, 15) is 0 Å². The summed E-state index contributed by atoms with van der Waals surface area (Å²) < 4.78 is 11.6. The summed E-state index contributed by atoms with van der Waals surface area (Å²) >= 11 is 5.13. The van der Waals surface area contributed by atoms with Crippen LogP contribution < -0.4 is 5.32 Å². The molecule has 0 spiro atoms. The summed E-state index contributed by atoms with van der Waals surface area (Å²) in [6.07, 6.45) is 0. The van der Waals surface area contributed by atoms with Crippen LogP contribution in [0.2, 0.25) is 0 Å². The van der Waals surface area contributed by atoms with Gasteiger partial charge in [-0.1, -0.05) is 5.10 Å². The van der Waals surface area contributed by atoms with Gasteiger partial charge in [0.2, 0.25) is 5.89 Å². The molecule has 92 valence electrons.